The number of amides is 2. The van der Waals surface area contributed by atoms with E-state index in [2.05, 4.69) is 17.2 Å². The number of carbonyl (C=O) groups is 3. The van der Waals surface area contributed by atoms with Crippen LogP contribution in [0.1, 0.15) is 25.3 Å². The zero-order valence-electron chi connectivity index (χ0n) is 13.4. The highest BCUT2D eigenvalue weighted by Gasteiger charge is 2.25. The van der Waals surface area contributed by atoms with Crippen LogP contribution in [-0.2, 0) is 20.8 Å². The van der Waals surface area contributed by atoms with Crippen LogP contribution in [-0.4, -0.2) is 35.0 Å². The predicted molar refractivity (Wildman–Crippen MR) is 86.7 cm³/mol. The van der Waals surface area contributed by atoms with E-state index in [0.29, 0.717) is 12.0 Å². The topological polar surface area (TPSA) is 95.5 Å². The van der Waals surface area contributed by atoms with Gasteiger partial charge in [0.05, 0.1) is 0 Å². The van der Waals surface area contributed by atoms with Crippen molar-refractivity contribution in [2.45, 2.75) is 38.3 Å². The molecule has 1 aromatic carbocycles. The number of allylic oxidation sites excluding steroid dienone is 1. The van der Waals surface area contributed by atoms with Crippen molar-refractivity contribution < 1.29 is 23.9 Å². The lowest BCUT2D eigenvalue weighted by Crippen LogP contribution is -2.52. The number of carboxylic acids is 1. The molecule has 0 unspecified atom stereocenters. The molecule has 0 bridgehead atoms. The minimum atomic E-state index is -1.16. The molecule has 24 heavy (non-hydrogen) atoms. The molecule has 0 heterocycles. The molecule has 0 aliphatic heterocycles. The Morgan fingerprint density at radius 2 is 1.83 bits per heavy atom. The van der Waals surface area contributed by atoms with Gasteiger partial charge in [-0.1, -0.05) is 18.2 Å². The lowest BCUT2D eigenvalue weighted by molar-refractivity contribution is -0.142. The van der Waals surface area contributed by atoms with Gasteiger partial charge in [-0.2, -0.15) is 0 Å². The first-order valence-electron chi connectivity index (χ1n) is 7.49. The quantitative estimate of drug-likeness (QED) is 0.594. The molecule has 2 amide bonds. The minimum Gasteiger partial charge on any atom is -0.480 e. The number of carboxylic acid groups (broad SMARTS) is 1. The van der Waals surface area contributed by atoms with Gasteiger partial charge in [0.1, 0.15) is 17.9 Å². The van der Waals surface area contributed by atoms with E-state index in [1.54, 1.807) is 6.08 Å². The Morgan fingerprint density at radius 3 is 2.33 bits per heavy atom. The minimum absolute atomic E-state index is 0.124. The molecule has 0 aliphatic rings. The fraction of sp³-hybridized carbons (Fsp3) is 0.353. The Labute approximate surface area is 139 Å². The van der Waals surface area contributed by atoms with Crippen LogP contribution in [0.4, 0.5) is 4.39 Å². The highest BCUT2D eigenvalue weighted by Crippen LogP contribution is 2.07. The van der Waals surface area contributed by atoms with Crippen molar-refractivity contribution >= 4 is 17.8 Å². The van der Waals surface area contributed by atoms with Crippen molar-refractivity contribution in [3.63, 3.8) is 0 Å². The summed E-state index contributed by atoms with van der Waals surface area (Å²) in [7, 11) is 0. The molecule has 6 nitrogen and oxygen atoms in total. The molecule has 1 aromatic rings. The largest absolute Gasteiger partial charge is 0.480 e. The van der Waals surface area contributed by atoms with Crippen LogP contribution in [0.3, 0.4) is 0 Å². The average Bonchev–Trinajstić information content (AvgIpc) is 2.52. The van der Waals surface area contributed by atoms with E-state index in [9.17, 15) is 18.8 Å². The Hall–Kier alpha value is -2.70. The number of benzene rings is 1. The molecule has 7 heteroatoms. The third-order valence-electron chi connectivity index (χ3n) is 3.32. The summed E-state index contributed by atoms with van der Waals surface area (Å²) in [5, 5.41) is 14.1. The Kier molecular flexibility index (Phi) is 7.61. The van der Waals surface area contributed by atoms with Crippen molar-refractivity contribution in [3.05, 3.63) is 48.3 Å². The number of nitrogens with one attached hydrogen (secondary N) is 2. The van der Waals surface area contributed by atoms with Gasteiger partial charge in [-0.3, -0.25) is 9.59 Å². The first-order chi connectivity index (χ1) is 11.3. The number of hydrogen-bond donors (Lipinski definition) is 3. The fourth-order valence-electron chi connectivity index (χ4n) is 2.13. The molecule has 0 saturated carbocycles. The normalized spacial score (nSPS) is 12.8. The van der Waals surface area contributed by atoms with Crippen LogP contribution in [0, 0.1) is 5.82 Å². The summed E-state index contributed by atoms with van der Waals surface area (Å²) in [6.07, 6.45) is 2.32. The maximum atomic E-state index is 12.9. The summed E-state index contributed by atoms with van der Waals surface area (Å²) in [6.45, 7) is 4.78. The molecule has 0 saturated heterocycles. The van der Waals surface area contributed by atoms with E-state index >= 15 is 0 Å². The monoisotopic (exact) mass is 336 g/mol. The SMILES string of the molecule is C=CCC[C@H](NC(=O)[C@@H](Cc1ccc(F)cc1)NC(C)=O)C(=O)O. The fourth-order valence-corrected chi connectivity index (χ4v) is 2.13. The second-order valence-electron chi connectivity index (χ2n) is 5.35. The van der Waals surface area contributed by atoms with Crippen LogP contribution >= 0.6 is 0 Å². The Morgan fingerprint density at radius 1 is 1.21 bits per heavy atom. The molecule has 0 aromatic heterocycles. The summed E-state index contributed by atoms with van der Waals surface area (Å²) in [5.41, 5.74) is 0.642. The van der Waals surface area contributed by atoms with Crippen molar-refractivity contribution in [1.29, 1.82) is 0 Å². The third kappa shape index (κ3) is 6.60. The molecule has 130 valence electrons. The van der Waals surface area contributed by atoms with Gasteiger partial charge in [0.2, 0.25) is 11.8 Å². The number of carbonyl (C=O) groups excluding carboxylic acids is 2. The number of aliphatic carboxylic acids is 1. The first-order valence-corrected chi connectivity index (χ1v) is 7.49. The van der Waals surface area contributed by atoms with Crippen molar-refractivity contribution in [2.75, 3.05) is 0 Å². The van der Waals surface area contributed by atoms with E-state index in [1.165, 1.54) is 31.2 Å². The average molecular weight is 336 g/mol. The van der Waals surface area contributed by atoms with Gasteiger partial charge in [0.15, 0.2) is 0 Å². The van der Waals surface area contributed by atoms with E-state index in [1.807, 2.05) is 0 Å². The van der Waals surface area contributed by atoms with Crippen molar-refractivity contribution in [3.8, 4) is 0 Å². The van der Waals surface area contributed by atoms with Gasteiger partial charge < -0.3 is 15.7 Å². The number of hydrogen-bond acceptors (Lipinski definition) is 3. The smallest absolute Gasteiger partial charge is 0.326 e. The van der Waals surface area contributed by atoms with Crippen LogP contribution in [0.2, 0.25) is 0 Å². The lowest BCUT2D eigenvalue weighted by Gasteiger charge is -2.21. The molecule has 3 N–H and O–H groups in total. The van der Waals surface area contributed by atoms with E-state index in [4.69, 9.17) is 5.11 Å². The van der Waals surface area contributed by atoms with Gasteiger partial charge in [0, 0.05) is 13.3 Å². The maximum absolute atomic E-state index is 12.9. The molecule has 0 aliphatic carbocycles. The van der Waals surface area contributed by atoms with Crippen molar-refractivity contribution in [1.82, 2.24) is 10.6 Å². The lowest BCUT2D eigenvalue weighted by atomic mass is 10.0. The zero-order chi connectivity index (χ0) is 18.1. The van der Waals surface area contributed by atoms with Crippen LogP contribution in [0.5, 0.6) is 0 Å². The Bertz CT molecular complexity index is 601. The summed E-state index contributed by atoms with van der Waals surface area (Å²) < 4.78 is 12.9. The molecule has 0 radical (unpaired) electrons. The van der Waals surface area contributed by atoms with Gasteiger partial charge in [-0.25, -0.2) is 9.18 Å². The summed E-state index contributed by atoms with van der Waals surface area (Å²) in [5.74, 6) is -2.59. The van der Waals surface area contributed by atoms with Gasteiger partial charge >= 0.3 is 5.97 Å². The van der Waals surface area contributed by atoms with Crippen LogP contribution < -0.4 is 10.6 Å². The molecule has 2 atom stereocenters. The summed E-state index contributed by atoms with van der Waals surface area (Å²) in [6, 6.07) is 3.50. The van der Waals surface area contributed by atoms with Crippen molar-refractivity contribution in [2.24, 2.45) is 0 Å². The summed E-state index contributed by atoms with van der Waals surface area (Å²) >= 11 is 0. The standard InChI is InChI=1S/C17H21FN2O4/c1-3-4-5-14(17(23)24)20-16(22)15(19-11(2)21)10-12-6-8-13(18)9-7-12/h3,6-9,14-15H,1,4-5,10H2,2H3,(H,19,21)(H,20,22)(H,23,24)/t14-,15+/m0/s1. The van der Waals surface area contributed by atoms with Gasteiger partial charge in [0.25, 0.3) is 0 Å². The maximum Gasteiger partial charge on any atom is 0.326 e. The highest BCUT2D eigenvalue weighted by molar-refractivity contribution is 5.90. The molecule has 0 fully saturated rings. The van der Waals surface area contributed by atoms with Crippen LogP contribution in [0.25, 0.3) is 0 Å². The number of halogens is 1. The van der Waals surface area contributed by atoms with Gasteiger partial charge in [-0.15, -0.1) is 6.58 Å². The zero-order valence-corrected chi connectivity index (χ0v) is 13.4. The van der Waals surface area contributed by atoms with E-state index < -0.39 is 35.7 Å². The Balaban J connectivity index is 2.83. The van der Waals surface area contributed by atoms with Gasteiger partial charge in [-0.05, 0) is 30.5 Å². The second kappa shape index (κ2) is 9.44. The predicted octanol–water partition coefficient (Wildman–Crippen LogP) is 1.41. The molecular formula is C17H21FN2O4. The van der Waals surface area contributed by atoms with Crippen LogP contribution in [0.15, 0.2) is 36.9 Å². The summed E-state index contributed by atoms with van der Waals surface area (Å²) in [4.78, 5) is 34.9. The van der Waals surface area contributed by atoms with E-state index in [0.717, 1.165) is 0 Å². The molecular weight excluding hydrogens is 315 g/mol. The molecule has 0 spiro atoms. The second-order valence-corrected chi connectivity index (χ2v) is 5.35. The number of rotatable bonds is 9. The first kappa shape index (κ1) is 19.3. The highest BCUT2D eigenvalue weighted by atomic mass is 19.1. The molecule has 1 rings (SSSR count). The third-order valence-corrected chi connectivity index (χ3v) is 3.32. The van der Waals surface area contributed by atoms with E-state index in [-0.39, 0.29) is 12.8 Å².